The maximum atomic E-state index is 8.52. The molecule has 0 amide bonds. The highest BCUT2D eigenvalue weighted by Crippen LogP contribution is 2.26. The zero-order chi connectivity index (χ0) is 10.3. The van der Waals surface area contributed by atoms with Crippen LogP contribution in [0.4, 0.5) is 0 Å². The minimum Gasteiger partial charge on any atom is -0.394 e. The van der Waals surface area contributed by atoms with Crippen molar-refractivity contribution in [1.82, 2.24) is 0 Å². The van der Waals surface area contributed by atoms with E-state index in [1.807, 2.05) is 0 Å². The first kappa shape index (κ1) is 12.2. The molecule has 0 aromatic rings. The van der Waals surface area contributed by atoms with Gasteiger partial charge in [0.2, 0.25) is 0 Å². The summed E-state index contributed by atoms with van der Waals surface area (Å²) in [6.45, 7) is 2.30. The van der Waals surface area contributed by atoms with Gasteiger partial charge >= 0.3 is 0 Å². The molecule has 1 N–H and O–H groups in total. The lowest BCUT2D eigenvalue weighted by Crippen LogP contribution is -2.36. The number of aliphatic hydroxyl groups excluding tert-OH is 1. The van der Waals surface area contributed by atoms with Crippen LogP contribution in [-0.4, -0.2) is 47.0 Å². The van der Waals surface area contributed by atoms with Gasteiger partial charge < -0.3 is 14.6 Å². The van der Waals surface area contributed by atoms with E-state index in [4.69, 9.17) is 14.6 Å². The lowest BCUT2D eigenvalue weighted by Gasteiger charge is -2.34. The predicted octanol–water partition coefficient (Wildman–Crippen LogP) is 0.0377. The van der Waals surface area contributed by atoms with Gasteiger partial charge in [-0.1, -0.05) is 0 Å². The molecule has 0 radical (unpaired) electrons. The highest BCUT2D eigenvalue weighted by molar-refractivity contribution is 6.14. The number of hydrogen-bond acceptors (Lipinski definition) is 3. The van der Waals surface area contributed by atoms with E-state index in [9.17, 15) is 0 Å². The molecule has 1 fully saturated rings. The maximum absolute atomic E-state index is 8.52. The Balaban J connectivity index is 2.03. The molecule has 3 nitrogen and oxygen atoms in total. The molecule has 0 aliphatic carbocycles. The van der Waals surface area contributed by atoms with E-state index in [0.717, 1.165) is 36.3 Å². The van der Waals surface area contributed by atoms with Gasteiger partial charge in [-0.15, -0.1) is 0 Å². The average molecular weight is 218 g/mol. The number of hydrogen-bond donors (Lipinski definition) is 1. The Morgan fingerprint density at radius 1 is 1.36 bits per heavy atom. The first-order valence-corrected chi connectivity index (χ1v) is 6.59. The number of rotatable bonds is 6. The minimum atomic E-state index is 0.127. The predicted molar refractivity (Wildman–Crippen MR) is 59.6 cm³/mol. The molecule has 0 saturated carbocycles. The zero-order valence-electron chi connectivity index (χ0n) is 9.13. The van der Waals surface area contributed by atoms with Gasteiger partial charge in [0, 0.05) is 28.7 Å². The van der Waals surface area contributed by atoms with Gasteiger partial charge in [-0.2, -0.15) is 0 Å². The Morgan fingerprint density at radius 2 is 2.21 bits per heavy atom. The van der Waals surface area contributed by atoms with Crippen molar-refractivity contribution in [3.63, 3.8) is 0 Å². The van der Waals surface area contributed by atoms with Crippen LogP contribution in [0.5, 0.6) is 0 Å². The molecule has 1 heterocycles. The molecule has 1 aliphatic rings. The maximum Gasteiger partial charge on any atom is 0.0697 e. The van der Waals surface area contributed by atoms with E-state index < -0.39 is 0 Å². The Hall–Kier alpha value is 0.0969. The van der Waals surface area contributed by atoms with Crippen molar-refractivity contribution in [1.29, 1.82) is 0 Å². The molecule has 1 aliphatic heterocycles. The van der Waals surface area contributed by atoms with E-state index in [1.165, 1.54) is 19.3 Å². The monoisotopic (exact) mass is 218 g/mol. The quantitative estimate of drug-likeness (QED) is 0.505. The molecule has 1 unspecified atom stereocenters. The van der Waals surface area contributed by atoms with Gasteiger partial charge in [0.05, 0.1) is 13.2 Å². The summed E-state index contributed by atoms with van der Waals surface area (Å²) in [6, 6.07) is 0. The highest BCUT2D eigenvalue weighted by atomic mass is 28.1. The van der Waals surface area contributed by atoms with E-state index in [1.54, 1.807) is 0 Å². The van der Waals surface area contributed by atoms with Gasteiger partial charge in [0.1, 0.15) is 0 Å². The van der Waals surface area contributed by atoms with Gasteiger partial charge in [-0.25, -0.2) is 0 Å². The molecule has 1 rings (SSSR count). The Bertz CT molecular complexity index is 146. The van der Waals surface area contributed by atoms with Crippen molar-refractivity contribution in [3.05, 3.63) is 0 Å². The molecule has 1 saturated heterocycles. The van der Waals surface area contributed by atoms with Crippen molar-refractivity contribution < 1.29 is 14.6 Å². The van der Waals surface area contributed by atoms with Gasteiger partial charge in [0.15, 0.2) is 0 Å². The van der Waals surface area contributed by atoms with E-state index in [-0.39, 0.29) is 11.8 Å². The van der Waals surface area contributed by atoms with Crippen LogP contribution in [0, 0.1) is 0 Å². The van der Waals surface area contributed by atoms with Crippen LogP contribution in [0.15, 0.2) is 0 Å². The van der Waals surface area contributed by atoms with Gasteiger partial charge in [-0.05, 0) is 32.1 Å². The molecule has 14 heavy (non-hydrogen) atoms. The van der Waals surface area contributed by atoms with E-state index in [0.29, 0.717) is 6.61 Å². The van der Waals surface area contributed by atoms with Crippen LogP contribution >= 0.6 is 0 Å². The summed E-state index contributed by atoms with van der Waals surface area (Å²) in [6.07, 6.45) is 5.97. The molecule has 1 atom stereocenters. The topological polar surface area (TPSA) is 38.7 Å². The standard InChI is InChI=1S/C10H22O3Si/c11-6-9-12-7-3-5-10(14)4-1-2-8-13-10/h11H,1-9H2,14H3. The van der Waals surface area contributed by atoms with Crippen LogP contribution in [0.3, 0.4) is 0 Å². The van der Waals surface area contributed by atoms with Gasteiger partial charge in [0.25, 0.3) is 0 Å². The molecule has 4 heteroatoms. The highest BCUT2D eigenvalue weighted by Gasteiger charge is 2.26. The van der Waals surface area contributed by atoms with Crippen molar-refractivity contribution in [3.8, 4) is 0 Å². The molecule has 0 aromatic carbocycles. The molecule has 0 bridgehead atoms. The molecule has 0 spiro atoms. The van der Waals surface area contributed by atoms with Gasteiger partial charge in [-0.3, -0.25) is 0 Å². The lowest BCUT2D eigenvalue weighted by atomic mass is 10.0. The number of ether oxygens (including phenoxy) is 2. The lowest BCUT2D eigenvalue weighted by molar-refractivity contribution is -0.0285. The second kappa shape index (κ2) is 6.56. The smallest absolute Gasteiger partial charge is 0.0697 e. The van der Waals surface area contributed by atoms with Crippen LogP contribution in [0.2, 0.25) is 0 Å². The largest absolute Gasteiger partial charge is 0.394 e. The Labute approximate surface area is 89.2 Å². The SMILES string of the molecule is OCCOCCCC1([SiH3])CCCCO1. The average Bonchev–Trinajstić information content (AvgIpc) is 2.18. The van der Waals surface area contributed by atoms with Crippen molar-refractivity contribution >= 4 is 10.2 Å². The summed E-state index contributed by atoms with van der Waals surface area (Å²) < 4.78 is 11.1. The van der Waals surface area contributed by atoms with E-state index >= 15 is 0 Å². The molecule has 84 valence electrons. The summed E-state index contributed by atoms with van der Waals surface area (Å²) in [5.41, 5.74) is 0. The Kier molecular flexibility index (Phi) is 5.70. The van der Waals surface area contributed by atoms with Crippen LogP contribution in [0.25, 0.3) is 0 Å². The zero-order valence-corrected chi connectivity index (χ0v) is 11.1. The molecular formula is C10H22O3Si. The van der Waals surface area contributed by atoms with Crippen molar-refractivity contribution in [2.24, 2.45) is 0 Å². The van der Waals surface area contributed by atoms with Crippen LogP contribution < -0.4 is 0 Å². The second-order valence-electron chi connectivity index (χ2n) is 4.20. The minimum absolute atomic E-state index is 0.127. The molecular weight excluding hydrogens is 196 g/mol. The first-order valence-electron chi connectivity index (χ1n) is 5.59. The fraction of sp³-hybridized carbons (Fsp3) is 1.00. The Morgan fingerprint density at radius 3 is 2.86 bits per heavy atom. The fourth-order valence-corrected chi connectivity index (χ4v) is 2.81. The summed E-state index contributed by atoms with van der Waals surface area (Å²) >= 11 is 0. The van der Waals surface area contributed by atoms with Crippen LogP contribution in [-0.2, 0) is 9.47 Å². The third-order valence-electron chi connectivity index (χ3n) is 2.78. The summed E-state index contributed by atoms with van der Waals surface area (Å²) in [7, 11) is 1.12. The number of aliphatic hydroxyl groups is 1. The van der Waals surface area contributed by atoms with Crippen LogP contribution in [0.1, 0.15) is 32.1 Å². The molecule has 0 aromatic heterocycles. The first-order chi connectivity index (χ1) is 6.77. The third kappa shape index (κ3) is 4.55. The third-order valence-corrected chi connectivity index (χ3v) is 4.07. The normalized spacial score (nSPS) is 28.1. The fourth-order valence-electron chi connectivity index (χ4n) is 1.90. The summed E-state index contributed by atoms with van der Waals surface area (Å²) in [4.78, 5) is 0. The van der Waals surface area contributed by atoms with Crippen molar-refractivity contribution in [2.45, 2.75) is 37.3 Å². The summed E-state index contributed by atoms with van der Waals surface area (Å²) in [5.74, 6) is 0. The second-order valence-corrected chi connectivity index (χ2v) is 6.02. The van der Waals surface area contributed by atoms with E-state index in [2.05, 4.69) is 0 Å². The summed E-state index contributed by atoms with van der Waals surface area (Å²) in [5, 5.41) is 8.75. The van der Waals surface area contributed by atoms with Crippen molar-refractivity contribution in [2.75, 3.05) is 26.4 Å².